The number of amides is 1. The number of ether oxygens (including phenoxy) is 1. The number of halogens is 3. The molecule has 1 amide bonds. The topological polar surface area (TPSA) is 54.5 Å². The summed E-state index contributed by atoms with van der Waals surface area (Å²) >= 11 is 12.3. The molecule has 1 aliphatic heterocycles. The molecule has 4 rings (SSSR count). The highest BCUT2D eigenvalue weighted by Gasteiger charge is 2.36. The van der Waals surface area contributed by atoms with Gasteiger partial charge in [0.05, 0.1) is 22.2 Å². The fraction of sp³-hybridized carbons (Fsp3) is 0.182. The first-order chi connectivity index (χ1) is 14.4. The van der Waals surface area contributed by atoms with Gasteiger partial charge < -0.3 is 15.0 Å². The van der Waals surface area contributed by atoms with Gasteiger partial charge in [-0.15, -0.1) is 0 Å². The van der Waals surface area contributed by atoms with Crippen LogP contribution in [0.15, 0.2) is 48.5 Å². The number of pyridine rings is 1. The van der Waals surface area contributed by atoms with Gasteiger partial charge in [-0.1, -0.05) is 29.3 Å². The molecular formula is C22H18Cl2FN3O2. The molecule has 154 valence electrons. The third kappa shape index (κ3) is 3.74. The lowest BCUT2D eigenvalue weighted by atomic mass is 10.0. The van der Waals surface area contributed by atoms with Crippen molar-refractivity contribution in [1.82, 2.24) is 10.3 Å². The van der Waals surface area contributed by atoms with Crippen LogP contribution < -0.4 is 10.2 Å². The molecule has 5 nitrogen and oxygen atoms in total. The molecule has 0 spiro atoms. The first kappa shape index (κ1) is 20.6. The molecule has 1 N–H and O–H groups in total. The van der Waals surface area contributed by atoms with E-state index in [2.05, 4.69) is 10.3 Å². The molecule has 0 bridgehead atoms. The van der Waals surface area contributed by atoms with Crippen molar-refractivity contribution in [3.05, 3.63) is 86.8 Å². The van der Waals surface area contributed by atoms with Crippen LogP contribution in [-0.4, -0.2) is 18.0 Å². The minimum atomic E-state index is -0.616. The van der Waals surface area contributed by atoms with Crippen LogP contribution in [0.3, 0.4) is 0 Å². The lowest BCUT2D eigenvalue weighted by molar-refractivity contribution is 0.0923. The monoisotopic (exact) mass is 445 g/mol. The van der Waals surface area contributed by atoms with Crippen molar-refractivity contribution in [2.75, 3.05) is 12.0 Å². The van der Waals surface area contributed by atoms with Crippen molar-refractivity contribution in [3.8, 4) is 0 Å². The van der Waals surface area contributed by atoms with Crippen molar-refractivity contribution in [2.24, 2.45) is 0 Å². The summed E-state index contributed by atoms with van der Waals surface area (Å²) < 4.78 is 18.9. The zero-order valence-electron chi connectivity index (χ0n) is 16.2. The van der Waals surface area contributed by atoms with Gasteiger partial charge in [0.25, 0.3) is 5.91 Å². The average Bonchev–Trinajstić information content (AvgIpc) is 2.70. The first-order valence-corrected chi connectivity index (χ1v) is 9.94. The quantitative estimate of drug-likeness (QED) is 0.570. The van der Waals surface area contributed by atoms with Gasteiger partial charge in [-0.25, -0.2) is 9.37 Å². The first-order valence-electron chi connectivity index (χ1n) is 9.19. The van der Waals surface area contributed by atoms with E-state index < -0.39 is 6.17 Å². The van der Waals surface area contributed by atoms with Crippen LogP contribution in [-0.2, 0) is 11.3 Å². The van der Waals surface area contributed by atoms with E-state index in [4.69, 9.17) is 27.9 Å². The maximum Gasteiger partial charge on any atom is 0.257 e. The van der Waals surface area contributed by atoms with Crippen LogP contribution in [0.4, 0.5) is 15.9 Å². The maximum atomic E-state index is 13.6. The minimum Gasteiger partial charge on any atom is -0.380 e. The molecule has 30 heavy (non-hydrogen) atoms. The Bertz CT molecular complexity index is 1120. The number of carbonyl (C=O) groups excluding carboxylic acids is 1. The molecule has 1 aliphatic rings. The molecule has 8 heteroatoms. The van der Waals surface area contributed by atoms with Gasteiger partial charge in [-0.3, -0.25) is 4.79 Å². The van der Waals surface area contributed by atoms with Gasteiger partial charge in [-0.05, 0) is 60.5 Å². The summed E-state index contributed by atoms with van der Waals surface area (Å²) in [7, 11) is 1.57. The van der Waals surface area contributed by atoms with Crippen LogP contribution in [0.1, 0.15) is 33.3 Å². The second-order valence-electron chi connectivity index (χ2n) is 6.95. The molecular weight excluding hydrogens is 428 g/mol. The molecule has 3 aromatic rings. The summed E-state index contributed by atoms with van der Waals surface area (Å²) in [5.74, 6) is -0.171. The number of methoxy groups -OCH3 is 1. The fourth-order valence-electron chi connectivity index (χ4n) is 3.59. The van der Waals surface area contributed by atoms with Gasteiger partial charge in [0.1, 0.15) is 17.8 Å². The molecule has 0 fully saturated rings. The van der Waals surface area contributed by atoms with E-state index in [0.717, 1.165) is 11.3 Å². The number of hydrogen-bond acceptors (Lipinski definition) is 4. The van der Waals surface area contributed by atoms with Crippen LogP contribution in [0.2, 0.25) is 10.0 Å². The summed E-state index contributed by atoms with van der Waals surface area (Å²) in [6.45, 7) is 2.11. The summed E-state index contributed by atoms with van der Waals surface area (Å²) in [6, 6.07) is 13.0. The molecule has 0 aliphatic carbocycles. The molecule has 1 aromatic heterocycles. The maximum absolute atomic E-state index is 13.6. The number of aryl methyl sites for hydroxylation is 1. The summed E-state index contributed by atoms with van der Waals surface area (Å²) in [5, 5.41) is 3.79. The average molecular weight is 446 g/mol. The summed E-state index contributed by atoms with van der Waals surface area (Å²) in [5.41, 5.74) is 3.25. The van der Waals surface area contributed by atoms with Crippen LogP contribution in [0, 0.1) is 12.7 Å². The molecule has 0 radical (unpaired) electrons. The number of carbonyl (C=O) groups is 1. The van der Waals surface area contributed by atoms with Crippen LogP contribution in [0.5, 0.6) is 0 Å². The summed E-state index contributed by atoms with van der Waals surface area (Å²) in [6.07, 6.45) is -0.616. The number of aromatic nitrogens is 1. The number of hydrogen-bond donors (Lipinski definition) is 1. The molecule has 1 atom stereocenters. The van der Waals surface area contributed by atoms with Crippen molar-refractivity contribution in [1.29, 1.82) is 0 Å². The van der Waals surface area contributed by atoms with Crippen LogP contribution >= 0.6 is 23.2 Å². The Morgan fingerprint density at radius 1 is 1.13 bits per heavy atom. The molecule has 0 saturated carbocycles. The highest BCUT2D eigenvalue weighted by atomic mass is 35.5. The molecule has 2 aromatic carbocycles. The van der Waals surface area contributed by atoms with E-state index in [1.54, 1.807) is 37.4 Å². The lowest BCUT2D eigenvalue weighted by Crippen LogP contribution is -2.45. The van der Waals surface area contributed by atoms with Gasteiger partial charge in [-0.2, -0.15) is 0 Å². The Labute approximate surface area is 183 Å². The zero-order chi connectivity index (χ0) is 21.4. The van der Waals surface area contributed by atoms with E-state index in [1.165, 1.54) is 12.1 Å². The van der Waals surface area contributed by atoms with E-state index in [-0.39, 0.29) is 18.3 Å². The zero-order valence-corrected chi connectivity index (χ0v) is 17.8. The number of rotatable bonds is 4. The van der Waals surface area contributed by atoms with E-state index >= 15 is 0 Å². The largest absolute Gasteiger partial charge is 0.380 e. The second kappa shape index (κ2) is 8.22. The molecule has 2 heterocycles. The second-order valence-corrected chi connectivity index (χ2v) is 7.76. The van der Waals surface area contributed by atoms with E-state index in [1.807, 2.05) is 17.9 Å². The van der Waals surface area contributed by atoms with Crippen molar-refractivity contribution < 1.29 is 13.9 Å². The predicted octanol–water partition coefficient (Wildman–Crippen LogP) is 5.56. The Morgan fingerprint density at radius 2 is 1.87 bits per heavy atom. The molecule has 1 unspecified atom stereocenters. The number of nitrogens with zero attached hydrogens (tertiary/aromatic N) is 2. The van der Waals surface area contributed by atoms with E-state index in [9.17, 15) is 9.18 Å². The standard InChI is InChI=1S/C22H18Cl2FN3O2/c1-12-9-14(11-30-2)19-21(26-12)28(16-6-4-15(25)5-7-16)20(27-22(19)29)13-3-8-17(23)18(24)10-13/h3-10,20H,11H2,1-2H3,(H,27,29). The van der Waals surface area contributed by atoms with Gasteiger partial charge in [0.2, 0.25) is 0 Å². The Balaban J connectivity index is 1.95. The van der Waals surface area contributed by atoms with Gasteiger partial charge >= 0.3 is 0 Å². The van der Waals surface area contributed by atoms with Crippen LogP contribution in [0.25, 0.3) is 0 Å². The fourth-order valence-corrected chi connectivity index (χ4v) is 3.89. The number of benzene rings is 2. The Kier molecular flexibility index (Phi) is 5.64. The van der Waals surface area contributed by atoms with Gasteiger partial charge in [0, 0.05) is 18.5 Å². The van der Waals surface area contributed by atoms with Crippen molar-refractivity contribution in [3.63, 3.8) is 0 Å². The van der Waals surface area contributed by atoms with E-state index in [0.29, 0.717) is 32.7 Å². The Morgan fingerprint density at radius 3 is 2.53 bits per heavy atom. The minimum absolute atomic E-state index is 0.258. The predicted molar refractivity (Wildman–Crippen MR) is 115 cm³/mol. The highest BCUT2D eigenvalue weighted by molar-refractivity contribution is 6.42. The SMILES string of the molecule is COCc1cc(C)nc2c1C(=O)NC(c1ccc(Cl)c(Cl)c1)N2c1ccc(F)cc1. The third-order valence-corrected chi connectivity index (χ3v) is 5.59. The normalized spacial score (nSPS) is 15.7. The van der Waals surface area contributed by atoms with Crippen molar-refractivity contribution >= 4 is 40.6 Å². The third-order valence-electron chi connectivity index (χ3n) is 4.86. The Hall–Kier alpha value is -2.67. The molecule has 0 saturated heterocycles. The number of anilines is 2. The summed E-state index contributed by atoms with van der Waals surface area (Å²) in [4.78, 5) is 19.6. The van der Waals surface area contributed by atoms with Crippen molar-refractivity contribution in [2.45, 2.75) is 19.7 Å². The van der Waals surface area contributed by atoms with Gasteiger partial charge in [0.15, 0.2) is 0 Å². The number of fused-ring (bicyclic) bond motifs is 1. The lowest BCUT2D eigenvalue weighted by Gasteiger charge is -2.39. The number of nitrogens with one attached hydrogen (secondary N) is 1. The highest BCUT2D eigenvalue weighted by Crippen LogP contribution is 2.40. The smallest absolute Gasteiger partial charge is 0.257 e.